The Morgan fingerprint density at radius 1 is 1.53 bits per heavy atom. The van der Waals surface area contributed by atoms with Crippen LogP contribution in [0.3, 0.4) is 0 Å². The van der Waals surface area contributed by atoms with Crippen molar-refractivity contribution in [3.8, 4) is 0 Å². The van der Waals surface area contributed by atoms with E-state index >= 15 is 0 Å². The lowest BCUT2D eigenvalue weighted by Gasteiger charge is -2.14. The van der Waals surface area contributed by atoms with Crippen LogP contribution in [0.2, 0.25) is 0 Å². The number of nitrogens with one attached hydrogen (secondary N) is 1. The Hall–Kier alpha value is -0.490. The first kappa shape index (κ1) is 12.6. The average molecular weight is 277 g/mol. The molecule has 0 radical (unpaired) electrons. The SMILES string of the molecule is COCC(Cc1cc(F)cc(Br)c1)NN. The third-order valence-electron chi connectivity index (χ3n) is 2.01. The first-order valence-corrected chi connectivity index (χ1v) is 5.35. The first-order chi connectivity index (χ1) is 7.15. The highest BCUT2D eigenvalue weighted by molar-refractivity contribution is 9.10. The van der Waals surface area contributed by atoms with Gasteiger partial charge in [-0.3, -0.25) is 11.3 Å². The average Bonchev–Trinajstić information content (AvgIpc) is 2.15. The van der Waals surface area contributed by atoms with Gasteiger partial charge < -0.3 is 4.74 Å². The van der Waals surface area contributed by atoms with Crippen molar-refractivity contribution < 1.29 is 9.13 Å². The largest absolute Gasteiger partial charge is 0.383 e. The molecule has 0 fully saturated rings. The van der Waals surface area contributed by atoms with Crippen LogP contribution in [0.4, 0.5) is 4.39 Å². The van der Waals surface area contributed by atoms with Crippen molar-refractivity contribution in [2.24, 2.45) is 5.84 Å². The Kier molecular flexibility index (Phi) is 5.17. The van der Waals surface area contributed by atoms with Crippen LogP contribution in [0.15, 0.2) is 22.7 Å². The predicted molar refractivity (Wildman–Crippen MR) is 60.8 cm³/mol. The molecule has 0 aliphatic rings. The summed E-state index contributed by atoms with van der Waals surface area (Å²) in [5.74, 6) is 5.09. The van der Waals surface area contributed by atoms with Gasteiger partial charge in [-0.15, -0.1) is 0 Å². The van der Waals surface area contributed by atoms with Gasteiger partial charge in [-0.25, -0.2) is 4.39 Å². The highest BCUT2D eigenvalue weighted by atomic mass is 79.9. The van der Waals surface area contributed by atoms with Crippen LogP contribution in [-0.2, 0) is 11.2 Å². The van der Waals surface area contributed by atoms with E-state index in [1.54, 1.807) is 7.11 Å². The van der Waals surface area contributed by atoms with E-state index in [4.69, 9.17) is 10.6 Å². The monoisotopic (exact) mass is 276 g/mol. The number of nitrogens with two attached hydrogens (primary N) is 1. The molecule has 1 atom stereocenters. The molecule has 3 N–H and O–H groups in total. The van der Waals surface area contributed by atoms with E-state index in [1.807, 2.05) is 6.07 Å². The fourth-order valence-electron chi connectivity index (χ4n) is 1.38. The van der Waals surface area contributed by atoms with E-state index in [0.29, 0.717) is 13.0 Å². The fourth-order valence-corrected chi connectivity index (χ4v) is 1.89. The van der Waals surface area contributed by atoms with Gasteiger partial charge in [-0.05, 0) is 30.2 Å². The van der Waals surface area contributed by atoms with Crippen LogP contribution in [0.5, 0.6) is 0 Å². The van der Waals surface area contributed by atoms with E-state index in [2.05, 4.69) is 21.4 Å². The minimum absolute atomic E-state index is 0.0105. The molecule has 5 heteroatoms. The Labute approximate surface area is 96.9 Å². The second-order valence-corrected chi connectivity index (χ2v) is 4.22. The van der Waals surface area contributed by atoms with Gasteiger partial charge in [-0.1, -0.05) is 15.9 Å². The second-order valence-electron chi connectivity index (χ2n) is 3.30. The van der Waals surface area contributed by atoms with Crippen LogP contribution < -0.4 is 11.3 Å². The summed E-state index contributed by atoms with van der Waals surface area (Å²) in [6.07, 6.45) is 0.626. The maximum atomic E-state index is 13.1. The van der Waals surface area contributed by atoms with Gasteiger partial charge in [0.05, 0.1) is 6.61 Å². The van der Waals surface area contributed by atoms with Crippen LogP contribution >= 0.6 is 15.9 Å². The van der Waals surface area contributed by atoms with Crippen molar-refractivity contribution in [3.05, 3.63) is 34.1 Å². The van der Waals surface area contributed by atoms with Crippen molar-refractivity contribution >= 4 is 15.9 Å². The molecule has 1 rings (SSSR count). The number of rotatable bonds is 5. The van der Waals surface area contributed by atoms with Gasteiger partial charge >= 0.3 is 0 Å². The molecule has 1 unspecified atom stereocenters. The lowest BCUT2D eigenvalue weighted by molar-refractivity contribution is 0.166. The summed E-state index contributed by atoms with van der Waals surface area (Å²) in [4.78, 5) is 0. The van der Waals surface area contributed by atoms with Crippen molar-refractivity contribution in [1.82, 2.24) is 5.43 Å². The molecular weight excluding hydrogens is 263 g/mol. The molecular formula is C10H14BrFN2O. The first-order valence-electron chi connectivity index (χ1n) is 4.55. The predicted octanol–water partition coefficient (Wildman–Crippen LogP) is 1.61. The molecule has 0 aliphatic heterocycles. The van der Waals surface area contributed by atoms with Crippen molar-refractivity contribution in [2.45, 2.75) is 12.5 Å². The number of ether oxygens (including phenoxy) is 1. The van der Waals surface area contributed by atoms with E-state index in [9.17, 15) is 4.39 Å². The topological polar surface area (TPSA) is 47.3 Å². The number of benzene rings is 1. The third kappa shape index (κ3) is 4.25. The molecule has 0 spiro atoms. The summed E-state index contributed by atoms with van der Waals surface area (Å²) in [5, 5.41) is 0. The molecule has 3 nitrogen and oxygen atoms in total. The summed E-state index contributed by atoms with van der Waals surface area (Å²) < 4.78 is 18.8. The molecule has 1 aromatic rings. The highest BCUT2D eigenvalue weighted by Crippen LogP contribution is 2.16. The molecule has 0 aromatic heterocycles. The van der Waals surface area contributed by atoms with Gasteiger partial charge in [0.2, 0.25) is 0 Å². The molecule has 0 saturated heterocycles. The van der Waals surface area contributed by atoms with Crippen molar-refractivity contribution in [3.63, 3.8) is 0 Å². The van der Waals surface area contributed by atoms with Crippen molar-refractivity contribution in [2.75, 3.05) is 13.7 Å². The molecule has 0 amide bonds. The zero-order valence-corrected chi connectivity index (χ0v) is 10.1. The highest BCUT2D eigenvalue weighted by Gasteiger charge is 2.08. The summed E-state index contributed by atoms with van der Waals surface area (Å²) in [6, 6.07) is 4.77. The minimum atomic E-state index is -0.257. The van der Waals surface area contributed by atoms with Gasteiger partial charge in [0, 0.05) is 17.6 Å². The number of methoxy groups -OCH3 is 1. The standard InChI is InChI=1S/C10H14BrFN2O/c1-15-6-10(14-13)4-7-2-8(11)5-9(12)3-7/h2-3,5,10,14H,4,6,13H2,1H3. The number of hydrogen-bond donors (Lipinski definition) is 2. The van der Waals surface area contributed by atoms with Crippen molar-refractivity contribution in [1.29, 1.82) is 0 Å². The van der Waals surface area contributed by atoms with Crippen LogP contribution in [0, 0.1) is 5.82 Å². The Morgan fingerprint density at radius 2 is 2.27 bits per heavy atom. The molecule has 15 heavy (non-hydrogen) atoms. The summed E-state index contributed by atoms with van der Waals surface area (Å²) in [5.41, 5.74) is 3.50. The van der Waals surface area contributed by atoms with Gasteiger partial charge in [0.1, 0.15) is 5.82 Å². The maximum absolute atomic E-state index is 13.1. The van der Waals surface area contributed by atoms with Crippen LogP contribution in [0.1, 0.15) is 5.56 Å². The number of hydrazine groups is 1. The zero-order valence-electron chi connectivity index (χ0n) is 8.47. The second kappa shape index (κ2) is 6.17. The maximum Gasteiger partial charge on any atom is 0.124 e. The van der Waals surface area contributed by atoms with Gasteiger partial charge in [0.25, 0.3) is 0 Å². The summed E-state index contributed by atoms with van der Waals surface area (Å²) >= 11 is 3.24. The van der Waals surface area contributed by atoms with E-state index < -0.39 is 0 Å². The Balaban J connectivity index is 2.69. The fraction of sp³-hybridized carbons (Fsp3) is 0.400. The molecule has 84 valence electrons. The lowest BCUT2D eigenvalue weighted by Crippen LogP contribution is -2.40. The van der Waals surface area contributed by atoms with E-state index in [0.717, 1.165) is 10.0 Å². The number of hydrogen-bond acceptors (Lipinski definition) is 3. The van der Waals surface area contributed by atoms with Crippen LogP contribution in [0.25, 0.3) is 0 Å². The molecule has 0 saturated carbocycles. The Bertz CT molecular complexity index is 302. The summed E-state index contributed by atoms with van der Waals surface area (Å²) in [7, 11) is 1.60. The van der Waals surface area contributed by atoms with Gasteiger partial charge in [0.15, 0.2) is 0 Å². The number of halogens is 2. The zero-order chi connectivity index (χ0) is 11.3. The summed E-state index contributed by atoms with van der Waals surface area (Å²) in [6.45, 7) is 0.491. The molecule has 1 aromatic carbocycles. The normalized spacial score (nSPS) is 12.8. The third-order valence-corrected chi connectivity index (χ3v) is 2.47. The van der Waals surface area contributed by atoms with E-state index in [1.165, 1.54) is 12.1 Å². The quantitative estimate of drug-likeness (QED) is 0.635. The Morgan fingerprint density at radius 3 is 2.80 bits per heavy atom. The van der Waals surface area contributed by atoms with E-state index in [-0.39, 0.29) is 11.9 Å². The molecule has 0 heterocycles. The minimum Gasteiger partial charge on any atom is -0.383 e. The van der Waals surface area contributed by atoms with Gasteiger partial charge in [-0.2, -0.15) is 0 Å². The molecule has 0 aliphatic carbocycles. The lowest BCUT2D eigenvalue weighted by atomic mass is 10.1. The van der Waals surface area contributed by atoms with Crippen LogP contribution in [-0.4, -0.2) is 19.8 Å². The molecule has 0 bridgehead atoms. The smallest absolute Gasteiger partial charge is 0.124 e.